The lowest BCUT2D eigenvalue weighted by atomic mass is 10.0. The second kappa shape index (κ2) is 11.9. The van der Waals surface area contributed by atoms with Crippen molar-refractivity contribution in [2.45, 2.75) is 21.4 Å². The highest BCUT2D eigenvalue weighted by Crippen LogP contribution is 2.30. The Hall–Kier alpha value is -3.07. The molecular weight excluding hydrogens is 481 g/mol. The number of thioether (sulfide) groups is 2. The average molecular weight is 505 g/mol. The van der Waals surface area contributed by atoms with Gasteiger partial charge in [-0.15, -0.1) is 10.2 Å². The van der Waals surface area contributed by atoms with Crippen LogP contribution in [0.15, 0.2) is 94.1 Å². The molecule has 2 N–H and O–H groups in total. The molecule has 0 aliphatic rings. The van der Waals surface area contributed by atoms with Gasteiger partial charge in [0.1, 0.15) is 0 Å². The van der Waals surface area contributed by atoms with Crippen molar-refractivity contribution in [3.05, 3.63) is 102 Å². The van der Waals surface area contributed by atoms with Gasteiger partial charge in [0.05, 0.1) is 11.4 Å². The molecule has 4 aromatic rings. The summed E-state index contributed by atoms with van der Waals surface area (Å²) in [5.74, 6) is 0.930. The van der Waals surface area contributed by atoms with Crippen LogP contribution in [-0.2, 0) is 10.5 Å². The van der Waals surface area contributed by atoms with Gasteiger partial charge in [0, 0.05) is 5.75 Å². The van der Waals surface area contributed by atoms with Gasteiger partial charge in [0.25, 0.3) is 0 Å². The Morgan fingerprint density at radius 2 is 1.50 bits per heavy atom. The number of hydrogen-bond acceptors (Lipinski definition) is 7. The number of carbonyl (C=O) groups excluding carboxylic acids is 1. The predicted octanol–water partition coefficient (Wildman–Crippen LogP) is 6.19. The van der Waals surface area contributed by atoms with E-state index < -0.39 is 0 Å². The highest BCUT2D eigenvalue weighted by molar-refractivity contribution is 8.03. The van der Waals surface area contributed by atoms with Crippen LogP contribution >= 0.6 is 34.9 Å². The van der Waals surface area contributed by atoms with E-state index in [9.17, 15) is 4.79 Å². The topological polar surface area (TPSA) is 66.9 Å². The van der Waals surface area contributed by atoms with Crippen LogP contribution in [0.25, 0.3) is 16.8 Å². The van der Waals surface area contributed by atoms with Crippen LogP contribution in [0.3, 0.4) is 0 Å². The lowest BCUT2D eigenvalue weighted by Gasteiger charge is -2.11. The minimum Gasteiger partial charge on any atom is -0.299 e. The maximum absolute atomic E-state index is 12.3. The summed E-state index contributed by atoms with van der Waals surface area (Å²) in [6.07, 6.45) is 0. The van der Waals surface area contributed by atoms with E-state index in [4.69, 9.17) is 0 Å². The molecule has 3 aromatic carbocycles. The lowest BCUT2D eigenvalue weighted by molar-refractivity contribution is -0.119. The second-order valence-corrected chi connectivity index (χ2v) is 10.9. The summed E-state index contributed by atoms with van der Waals surface area (Å²) in [5, 5.41) is 8.40. The van der Waals surface area contributed by atoms with E-state index in [0.717, 1.165) is 31.1 Å². The molecule has 0 radical (unpaired) electrons. The van der Waals surface area contributed by atoms with Crippen molar-refractivity contribution in [3.8, 4) is 11.1 Å². The first-order valence-corrected chi connectivity index (χ1v) is 13.4. The van der Waals surface area contributed by atoms with E-state index in [0.29, 0.717) is 5.70 Å². The van der Waals surface area contributed by atoms with Gasteiger partial charge in [0.15, 0.2) is 8.68 Å². The summed E-state index contributed by atoms with van der Waals surface area (Å²) in [6.45, 7) is 6.09. The Morgan fingerprint density at radius 3 is 2.21 bits per heavy atom. The van der Waals surface area contributed by atoms with E-state index in [1.807, 2.05) is 42.5 Å². The summed E-state index contributed by atoms with van der Waals surface area (Å²) in [7, 11) is 0. The molecule has 0 aliphatic carbocycles. The van der Waals surface area contributed by atoms with E-state index >= 15 is 0 Å². The zero-order valence-electron chi connectivity index (χ0n) is 18.7. The number of carbonyl (C=O) groups is 1. The van der Waals surface area contributed by atoms with Crippen molar-refractivity contribution < 1.29 is 4.79 Å². The van der Waals surface area contributed by atoms with Crippen LogP contribution in [0, 0.1) is 6.92 Å². The fraction of sp³-hybridized carbons (Fsp3) is 0.115. The lowest BCUT2D eigenvalue weighted by Crippen LogP contribution is -2.37. The van der Waals surface area contributed by atoms with Crippen LogP contribution in [-0.4, -0.2) is 21.9 Å². The van der Waals surface area contributed by atoms with Crippen molar-refractivity contribution in [1.29, 1.82) is 0 Å². The fourth-order valence-electron chi connectivity index (χ4n) is 3.02. The summed E-state index contributed by atoms with van der Waals surface area (Å²) < 4.78 is 1.67. The Labute approximate surface area is 212 Å². The van der Waals surface area contributed by atoms with E-state index in [1.165, 1.54) is 34.2 Å². The number of hydrazine groups is 1. The number of nitrogens with zero attached hydrogens (tertiary/aromatic N) is 2. The predicted molar refractivity (Wildman–Crippen MR) is 144 cm³/mol. The number of nitrogens with one attached hydrogen (secondary N) is 2. The molecule has 5 nitrogen and oxygen atoms in total. The van der Waals surface area contributed by atoms with Gasteiger partial charge in [-0.3, -0.25) is 15.6 Å². The van der Waals surface area contributed by atoms with Gasteiger partial charge < -0.3 is 0 Å². The largest absolute Gasteiger partial charge is 0.299 e. The molecule has 8 heteroatoms. The van der Waals surface area contributed by atoms with Crippen LogP contribution < -0.4 is 10.9 Å². The summed E-state index contributed by atoms with van der Waals surface area (Å²) in [5.41, 5.74) is 11.9. The molecule has 0 spiro atoms. The van der Waals surface area contributed by atoms with Crippen LogP contribution in [0.2, 0.25) is 0 Å². The molecule has 4 rings (SSSR count). The molecular formula is C26H24N4OS3. The Morgan fingerprint density at radius 1 is 0.853 bits per heavy atom. The van der Waals surface area contributed by atoms with Gasteiger partial charge in [0.2, 0.25) is 5.91 Å². The fourth-order valence-corrected chi connectivity index (χ4v) is 5.79. The van der Waals surface area contributed by atoms with Crippen molar-refractivity contribution in [3.63, 3.8) is 0 Å². The third-order valence-electron chi connectivity index (χ3n) is 4.89. The monoisotopic (exact) mass is 504 g/mol. The molecule has 1 aromatic heterocycles. The second-order valence-electron chi connectivity index (χ2n) is 7.49. The molecule has 172 valence electrons. The first-order chi connectivity index (χ1) is 16.6. The normalized spacial score (nSPS) is 10.6. The van der Waals surface area contributed by atoms with Crippen LogP contribution in [0.1, 0.15) is 16.7 Å². The van der Waals surface area contributed by atoms with Gasteiger partial charge in [-0.25, -0.2) is 0 Å². The number of rotatable bonds is 10. The Bertz CT molecular complexity index is 1240. The maximum Gasteiger partial charge on any atom is 0.248 e. The van der Waals surface area contributed by atoms with Gasteiger partial charge in [-0.1, -0.05) is 126 Å². The minimum absolute atomic E-state index is 0.156. The number of benzene rings is 3. The number of amides is 1. The quantitative estimate of drug-likeness (QED) is 0.198. The Kier molecular flexibility index (Phi) is 8.41. The van der Waals surface area contributed by atoms with Gasteiger partial charge in [-0.05, 0) is 29.2 Å². The summed E-state index contributed by atoms with van der Waals surface area (Å²) in [6, 6.07) is 26.7. The standard InChI is InChI=1S/C26H24N4OS3/c1-18-8-10-20(11-9-18)16-32-25-29-30-26(34-25)33-17-24(31)28-27-19(2)21-12-14-23(15-13-21)22-6-4-3-5-7-22/h3-15,27H,2,16-17H2,1H3,(H,28,31). The molecule has 0 saturated heterocycles. The molecule has 0 atom stereocenters. The third kappa shape index (κ3) is 6.96. The summed E-state index contributed by atoms with van der Waals surface area (Å²) >= 11 is 4.53. The summed E-state index contributed by atoms with van der Waals surface area (Å²) in [4.78, 5) is 12.3. The van der Waals surface area contributed by atoms with E-state index in [2.05, 4.69) is 70.9 Å². The van der Waals surface area contributed by atoms with Crippen LogP contribution in [0.5, 0.6) is 0 Å². The molecule has 34 heavy (non-hydrogen) atoms. The first kappa shape index (κ1) is 24.1. The van der Waals surface area contributed by atoms with Gasteiger partial charge >= 0.3 is 0 Å². The first-order valence-electron chi connectivity index (χ1n) is 10.6. The van der Waals surface area contributed by atoms with Crippen molar-refractivity contribution in [2.75, 3.05) is 5.75 Å². The molecule has 1 heterocycles. The highest BCUT2D eigenvalue weighted by Gasteiger charge is 2.09. The molecule has 0 fully saturated rings. The van der Waals surface area contributed by atoms with Crippen LogP contribution in [0.4, 0.5) is 0 Å². The molecule has 1 amide bonds. The average Bonchev–Trinajstić information content (AvgIpc) is 3.34. The third-order valence-corrected chi connectivity index (χ3v) is 8.15. The molecule has 0 saturated carbocycles. The van der Waals surface area contributed by atoms with Gasteiger partial charge in [-0.2, -0.15) is 0 Å². The number of aryl methyl sites for hydroxylation is 1. The molecule has 0 bridgehead atoms. The van der Waals surface area contributed by atoms with Crippen molar-refractivity contribution in [2.24, 2.45) is 0 Å². The number of hydrogen-bond donors (Lipinski definition) is 2. The van der Waals surface area contributed by atoms with Crippen molar-refractivity contribution in [1.82, 2.24) is 21.0 Å². The molecule has 0 unspecified atom stereocenters. The highest BCUT2D eigenvalue weighted by atomic mass is 32.2. The zero-order chi connectivity index (χ0) is 23.8. The minimum atomic E-state index is -0.156. The smallest absolute Gasteiger partial charge is 0.248 e. The maximum atomic E-state index is 12.3. The SMILES string of the molecule is C=C(NNC(=O)CSc1nnc(SCc2ccc(C)cc2)s1)c1ccc(-c2ccccc2)cc1. The van der Waals surface area contributed by atoms with Crippen molar-refractivity contribution >= 4 is 46.5 Å². The zero-order valence-corrected chi connectivity index (χ0v) is 21.1. The van der Waals surface area contributed by atoms with E-state index in [1.54, 1.807) is 11.8 Å². The van der Waals surface area contributed by atoms with E-state index in [-0.39, 0.29) is 11.7 Å². The Balaban J connectivity index is 1.19. The molecule has 0 aliphatic heterocycles. The number of aromatic nitrogens is 2.